The minimum Gasteiger partial charge on any atom is -0.495 e. The maximum atomic E-state index is 14.2. The van der Waals surface area contributed by atoms with Crippen molar-refractivity contribution in [1.29, 1.82) is 0 Å². The number of anilines is 1. The van der Waals surface area contributed by atoms with Crippen molar-refractivity contribution in [2.24, 2.45) is 11.7 Å². The predicted molar refractivity (Wildman–Crippen MR) is 203 cm³/mol. The molecular weight excluding hydrogens is 720 g/mol. The Kier molecular flexibility index (Phi) is 14.6. The van der Waals surface area contributed by atoms with Gasteiger partial charge in [0.05, 0.1) is 25.3 Å². The number of likely N-dealkylation sites (N-methyl/N-ethyl adjacent to an activating group) is 1. The molecule has 3 heterocycles. The van der Waals surface area contributed by atoms with Gasteiger partial charge in [-0.25, -0.2) is 9.59 Å². The number of epoxide rings is 1. The predicted octanol–water partition coefficient (Wildman–Crippen LogP) is 4.69. The summed E-state index contributed by atoms with van der Waals surface area (Å²) in [5.74, 6) is -1.36. The van der Waals surface area contributed by atoms with E-state index in [1.54, 1.807) is 27.9 Å². The van der Waals surface area contributed by atoms with Gasteiger partial charge < -0.3 is 44.0 Å². The third-order valence-corrected chi connectivity index (χ3v) is 11.3. The second kappa shape index (κ2) is 18.3. The van der Waals surface area contributed by atoms with Crippen LogP contribution in [-0.4, -0.2) is 113 Å². The lowest BCUT2D eigenvalue weighted by atomic mass is 9.83. The first-order valence-electron chi connectivity index (χ1n) is 18.4. The monoisotopic (exact) mass is 776 g/mol. The lowest BCUT2D eigenvalue weighted by Gasteiger charge is -2.44. The molecule has 3 aliphatic heterocycles. The van der Waals surface area contributed by atoms with E-state index >= 15 is 0 Å². The zero-order valence-corrected chi connectivity index (χ0v) is 33.7. The summed E-state index contributed by atoms with van der Waals surface area (Å²) >= 11 is 6.78. The topological polar surface area (TPSA) is 171 Å². The fraction of sp³-hybridized carbons (Fsp3) is 0.641. The van der Waals surface area contributed by atoms with Crippen molar-refractivity contribution in [2.45, 2.75) is 114 Å². The zero-order valence-electron chi connectivity index (χ0n) is 32.9. The number of hydrogen-bond acceptors (Lipinski definition) is 11. The highest BCUT2D eigenvalue weighted by molar-refractivity contribution is 6.35. The summed E-state index contributed by atoms with van der Waals surface area (Å²) in [7, 11) is 7.68. The van der Waals surface area contributed by atoms with Gasteiger partial charge in [0, 0.05) is 47.1 Å². The molecule has 0 saturated carbocycles. The van der Waals surface area contributed by atoms with Crippen molar-refractivity contribution in [2.75, 3.05) is 46.9 Å². The number of carbonyl (C=O) groups is 4. The fourth-order valence-electron chi connectivity index (χ4n) is 7.22. The third-order valence-electron chi connectivity index (χ3n) is 11.0. The van der Waals surface area contributed by atoms with Crippen molar-refractivity contribution < 1.29 is 47.6 Å². The van der Waals surface area contributed by atoms with Crippen LogP contribution >= 0.6 is 11.6 Å². The van der Waals surface area contributed by atoms with E-state index in [0.29, 0.717) is 30.8 Å². The number of benzene rings is 1. The molecule has 14 nitrogen and oxygen atoms in total. The largest absolute Gasteiger partial charge is 0.495 e. The van der Waals surface area contributed by atoms with Gasteiger partial charge >= 0.3 is 12.1 Å². The van der Waals surface area contributed by atoms with E-state index in [1.165, 1.54) is 31.1 Å². The molecule has 1 aromatic rings. The SMILES string of the molecule is COc1cc2cc(c1Cl)N(C)C(=O)C[C@H](OC(=O)[C@H](C)N(C)C(=O)CCCCCN)[C@]1(C)OC1[C@H](C)C1C[C@@](OC)(NC(=O)O1)[C@H](OC)/C=C/C=C(\C)C2. The number of halogens is 1. The summed E-state index contributed by atoms with van der Waals surface area (Å²) in [5.41, 5.74) is 5.35. The normalized spacial score (nSPS) is 30.8. The summed E-state index contributed by atoms with van der Waals surface area (Å²) in [4.78, 5) is 56.8. The van der Waals surface area contributed by atoms with Gasteiger partial charge in [-0.3, -0.25) is 14.9 Å². The Bertz CT molecular complexity index is 1600. The van der Waals surface area contributed by atoms with Crippen LogP contribution in [0.15, 0.2) is 35.9 Å². The molecule has 0 spiro atoms. The van der Waals surface area contributed by atoms with Crippen LogP contribution in [0.4, 0.5) is 10.5 Å². The number of rotatable bonds is 11. The lowest BCUT2D eigenvalue weighted by Crippen LogP contribution is -2.64. The summed E-state index contributed by atoms with van der Waals surface area (Å²) in [6.45, 7) is 7.72. The Morgan fingerprint density at radius 2 is 1.91 bits per heavy atom. The lowest BCUT2D eigenvalue weighted by molar-refractivity contribution is -0.162. The molecule has 54 heavy (non-hydrogen) atoms. The molecule has 0 radical (unpaired) electrons. The first kappa shape index (κ1) is 43.0. The molecular formula is C39H57ClN4O10. The van der Waals surface area contributed by atoms with Crippen LogP contribution < -0.4 is 20.7 Å². The van der Waals surface area contributed by atoms with E-state index in [2.05, 4.69) is 5.32 Å². The number of amides is 3. The number of nitrogens with zero attached hydrogens (tertiary/aromatic N) is 2. The number of methoxy groups -OCH3 is 3. The molecule has 2 fully saturated rings. The van der Waals surface area contributed by atoms with Crippen molar-refractivity contribution >= 4 is 41.2 Å². The molecule has 8 atom stereocenters. The molecule has 3 amide bonds. The van der Waals surface area contributed by atoms with E-state index in [9.17, 15) is 19.2 Å². The number of esters is 1. The molecule has 15 heteroatoms. The summed E-state index contributed by atoms with van der Waals surface area (Å²) in [5, 5.41) is 3.07. The minimum atomic E-state index is -1.28. The molecule has 0 aromatic heterocycles. The van der Waals surface area contributed by atoms with Crippen LogP contribution in [0.3, 0.4) is 0 Å². The summed E-state index contributed by atoms with van der Waals surface area (Å²) in [6, 6.07) is 2.69. The zero-order chi connectivity index (χ0) is 40.0. The fourth-order valence-corrected chi connectivity index (χ4v) is 7.54. The Labute approximate surface area is 323 Å². The van der Waals surface area contributed by atoms with Crippen LogP contribution in [0.2, 0.25) is 5.02 Å². The highest BCUT2D eigenvalue weighted by atomic mass is 35.5. The van der Waals surface area contributed by atoms with Gasteiger partial charge in [-0.2, -0.15) is 0 Å². The second-order valence-electron chi connectivity index (χ2n) is 14.7. The minimum absolute atomic E-state index is 0.198. The molecule has 4 bridgehead atoms. The standard InChI is InChI=1S/C39H57ClN4O10/c1-23-14-13-15-30(50-8)39(51-9)22-29(52-37(48)42-39)24(2)35-38(4,54-35)31(53-36(47)25(3)43(5)32(45)16-11-10-12-17-41)21-33(46)44(6)27-19-26(18-23)20-28(49-7)34(27)40/h13-15,19-20,24-25,29-31,35H,10-12,16-18,21-22,41H2,1-9H3,(H,42,48)/b15-13+,23-14+/t24-,25+,29?,30-,31+,35?,38+,39+/m1/s1. The van der Waals surface area contributed by atoms with Gasteiger partial charge in [0.2, 0.25) is 11.8 Å². The number of unbranched alkanes of at least 4 members (excludes halogenated alkanes) is 2. The molecule has 3 aliphatic rings. The second-order valence-corrected chi connectivity index (χ2v) is 15.1. The number of hydrogen-bond donors (Lipinski definition) is 2. The first-order chi connectivity index (χ1) is 25.5. The van der Waals surface area contributed by atoms with Gasteiger partial charge in [0.25, 0.3) is 0 Å². The Morgan fingerprint density at radius 3 is 2.56 bits per heavy atom. The third kappa shape index (κ3) is 9.57. The molecule has 300 valence electrons. The van der Waals surface area contributed by atoms with Crippen molar-refractivity contribution in [3.63, 3.8) is 0 Å². The first-order valence-corrected chi connectivity index (χ1v) is 18.8. The number of nitrogens with two attached hydrogens (primary N) is 1. The van der Waals surface area contributed by atoms with Crippen LogP contribution in [0.25, 0.3) is 0 Å². The van der Waals surface area contributed by atoms with E-state index in [4.69, 9.17) is 45.8 Å². The summed E-state index contributed by atoms with van der Waals surface area (Å²) in [6.07, 6.45) is 4.71. The van der Waals surface area contributed by atoms with E-state index in [1.807, 2.05) is 44.2 Å². The molecule has 0 aliphatic carbocycles. The molecule has 2 unspecified atom stereocenters. The number of nitrogens with one attached hydrogen (secondary N) is 1. The van der Waals surface area contributed by atoms with E-state index < -0.39 is 65.7 Å². The smallest absolute Gasteiger partial charge is 0.409 e. The van der Waals surface area contributed by atoms with Crippen LogP contribution in [-0.2, 0) is 44.5 Å². The van der Waals surface area contributed by atoms with Gasteiger partial charge in [-0.1, -0.05) is 48.7 Å². The van der Waals surface area contributed by atoms with Gasteiger partial charge in [0.1, 0.15) is 40.7 Å². The Balaban J connectivity index is 1.74. The van der Waals surface area contributed by atoms with E-state index in [0.717, 1.165) is 24.0 Å². The van der Waals surface area contributed by atoms with Crippen molar-refractivity contribution in [3.05, 3.63) is 46.5 Å². The highest BCUT2D eigenvalue weighted by Gasteiger charge is 2.64. The molecule has 1 aromatic carbocycles. The average Bonchev–Trinajstić information content (AvgIpc) is 3.85. The van der Waals surface area contributed by atoms with Crippen LogP contribution in [0.1, 0.15) is 71.8 Å². The maximum Gasteiger partial charge on any atom is 0.409 e. The van der Waals surface area contributed by atoms with Gasteiger partial charge in [0.15, 0.2) is 5.72 Å². The quantitative estimate of drug-likeness (QED) is 0.182. The highest BCUT2D eigenvalue weighted by Crippen LogP contribution is 2.49. The molecule has 2 saturated heterocycles. The molecule has 4 rings (SSSR count). The van der Waals surface area contributed by atoms with Crippen LogP contribution in [0, 0.1) is 5.92 Å². The maximum absolute atomic E-state index is 14.2. The number of carbonyl (C=O) groups excluding carboxylic acids is 4. The van der Waals surface area contributed by atoms with E-state index in [-0.39, 0.29) is 30.2 Å². The number of ether oxygens (including phenoxy) is 6. The summed E-state index contributed by atoms with van der Waals surface area (Å²) < 4.78 is 35.7. The van der Waals surface area contributed by atoms with Crippen LogP contribution in [0.5, 0.6) is 5.75 Å². The number of alkyl carbamates (subject to hydrolysis) is 1. The Morgan fingerprint density at radius 1 is 1.19 bits per heavy atom. The van der Waals surface area contributed by atoms with Gasteiger partial charge in [-0.05, 0) is 64.3 Å². The Hall–Kier alpha value is -3.69. The van der Waals surface area contributed by atoms with Crippen molar-refractivity contribution in [1.82, 2.24) is 10.2 Å². The van der Waals surface area contributed by atoms with Gasteiger partial charge in [-0.15, -0.1) is 0 Å². The average molecular weight is 777 g/mol. The van der Waals surface area contributed by atoms with Crippen molar-refractivity contribution in [3.8, 4) is 5.75 Å². The number of fused-ring (bicyclic) bond motifs is 5. The number of allylic oxidation sites excluding steroid dienone is 3. The molecule has 3 N–H and O–H groups in total.